The van der Waals surface area contributed by atoms with Crippen LogP contribution in [0.15, 0.2) is 40.2 Å². The lowest BCUT2D eigenvalue weighted by Gasteiger charge is -2.08. The first-order valence-electron chi connectivity index (χ1n) is 4.96. The van der Waals surface area contributed by atoms with Gasteiger partial charge in [0.15, 0.2) is 0 Å². The summed E-state index contributed by atoms with van der Waals surface area (Å²) < 4.78 is 1.04. The maximum Gasteiger partial charge on any atom is 0.337 e. The Morgan fingerprint density at radius 3 is 2.76 bits per heavy atom. The highest BCUT2D eigenvalue weighted by Gasteiger charge is 2.09. The molecule has 2 rings (SSSR count). The average Bonchev–Trinajstić information content (AvgIpc) is 2.72. The van der Waals surface area contributed by atoms with Crippen molar-refractivity contribution in [2.45, 2.75) is 6.54 Å². The Morgan fingerprint density at radius 2 is 2.12 bits per heavy atom. The molecule has 0 aliphatic rings. The zero-order chi connectivity index (χ0) is 12.3. The number of para-hydroxylation sites is 1. The van der Waals surface area contributed by atoms with Gasteiger partial charge < -0.3 is 10.4 Å². The van der Waals surface area contributed by atoms with Crippen molar-refractivity contribution in [3.05, 3.63) is 50.6 Å². The molecule has 3 nitrogen and oxygen atoms in total. The second-order valence-electron chi connectivity index (χ2n) is 3.40. The summed E-state index contributed by atoms with van der Waals surface area (Å²) in [6, 6.07) is 8.87. The lowest BCUT2D eigenvalue weighted by Crippen LogP contribution is -2.05. The SMILES string of the molecule is O=C(O)c1ccccc1NCc1sccc1Br. The van der Waals surface area contributed by atoms with Gasteiger partial charge >= 0.3 is 5.97 Å². The molecule has 1 aromatic heterocycles. The van der Waals surface area contributed by atoms with E-state index >= 15 is 0 Å². The second-order valence-corrected chi connectivity index (χ2v) is 5.25. The molecule has 0 spiro atoms. The summed E-state index contributed by atoms with van der Waals surface area (Å²) >= 11 is 5.07. The molecule has 0 unspecified atom stereocenters. The van der Waals surface area contributed by atoms with Crippen molar-refractivity contribution in [2.24, 2.45) is 0 Å². The van der Waals surface area contributed by atoms with Gasteiger partial charge in [-0.15, -0.1) is 11.3 Å². The molecule has 0 saturated heterocycles. The predicted molar refractivity (Wildman–Crippen MR) is 72.7 cm³/mol. The minimum atomic E-state index is -0.918. The highest BCUT2D eigenvalue weighted by atomic mass is 79.9. The van der Waals surface area contributed by atoms with Crippen LogP contribution in [0.5, 0.6) is 0 Å². The molecule has 0 bridgehead atoms. The zero-order valence-electron chi connectivity index (χ0n) is 8.81. The van der Waals surface area contributed by atoms with E-state index in [4.69, 9.17) is 5.11 Å². The number of nitrogens with one attached hydrogen (secondary N) is 1. The largest absolute Gasteiger partial charge is 0.478 e. The smallest absolute Gasteiger partial charge is 0.337 e. The van der Waals surface area contributed by atoms with Gasteiger partial charge in [-0.1, -0.05) is 12.1 Å². The van der Waals surface area contributed by atoms with E-state index < -0.39 is 5.97 Å². The lowest BCUT2D eigenvalue weighted by molar-refractivity contribution is 0.0698. The Bertz CT molecular complexity index is 539. The molecule has 0 radical (unpaired) electrons. The number of halogens is 1. The van der Waals surface area contributed by atoms with Gasteiger partial charge in [-0.3, -0.25) is 0 Å². The van der Waals surface area contributed by atoms with Crippen LogP contribution in [0.25, 0.3) is 0 Å². The fourth-order valence-electron chi connectivity index (χ4n) is 1.45. The molecule has 88 valence electrons. The molecule has 5 heteroatoms. The molecule has 2 aromatic rings. The molecule has 17 heavy (non-hydrogen) atoms. The van der Waals surface area contributed by atoms with Crippen LogP contribution >= 0.6 is 27.3 Å². The van der Waals surface area contributed by atoms with Gasteiger partial charge in [0.25, 0.3) is 0 Å². The van der Waals surface area contributed by atoms with E-state index in [2.05, 4.69) is 21.2 Å². The predicted octanol–water partition coefficient (Wildman–Crippen LogP) is 3.82. The fraction of sp³-hybridized carbons (Fsp3) is 0.0833. The van der Waals surface area contributed by atoms with Gasteiger partial charge in [-0.05, 0) is 39.5 Å². The molecule has 1 aromatic carbocycles. The molecule has 0 fully saturated rings. The zero-order valence-corrected chi connectivity index (χ0v) is 11.2. The van der Waals surface area contributed by atoms with Crippen molar-refractivity contribution in [1.82, 2.24) is 0 Å². The van der Waals surface area contributed by atoms with E-state index in [-0.39, 0.29) is 0 Å². The van der Waals surface area contributed by atoms with E-state index in [1.54, 1.807) is 29.5 Å². The van der Waals surface area contributed by atoms with Crippen molar-refractivity contribution in [1.29, 1.82) is 0 Å². The van der Waals surface area contributed by atoms with Crippen LogP contribution in [0, 0.1) is 0 Å². The van der Waals surface area contributed by atoms with E-state index in [1.165, 1.54) is 0 Å². The minimum Gasteiger partial charge on any atom is -0.478 e. The number of thiophene rings is 1. The summed E-state index contributed by atoms with van der Waals surface area (Å²) in [5.41, 5.74) is 0.931. The summed E-state index contributed by atoms with van der Waals surface area (Å²) in [7, 11) is 0. The monoisotopic (exact) mass is 311 g/mol. The Balaban J connectivity index is 2.14. The molecule has 0 aliphatic carbocycles. The number of carbonyl (C=O) groups is 1. The molecule has 0 aliphatic heterocycles. The molecular weight excluding hydrogens is 302 g/mol. The van der Waals surface area contributed by atoms with E-state index in [1.807, 2.05) is 17.5 Å². The molecule has 0 amide bonds. The first-order valence-corrected chi connectivity index (χ1v) is 6.64. The van der Waals surface area contributed by atoms with Gasteiger partial charge in [0.05, 0.1) is 12.1 Å². The van der Waals surface area contributed by atoms with Crippen LogP contribution in [0.4, 0.5) is 5.69 Å². The van der Waals surface area contributed by atoms with Crippen LogP contribution in [-0.4, -0.2) is 11.1 Å². The number of carboxylic acid groups (broad SMARTS) is 1. The number of hydrogen-bond acceptors (Lipinski definition) is 3. The van der Waals surface area contributed by atoms with Gasteiger partial charge in [0.2, 0.25) is 0 Å². The Hall–Kier alpha value is -1.33. The Morgan fingerprint density at radius 1 is 1.35 bits per heavy atom. The number of carboxylic acids is 1. The maximum absolute atomic E-state index is 11.0. The second kappa shape index (κ2) is 5.33. The van der Waals surface area contributed by atoms with Crippen LogP contribution in [0.3, 0.4) is 0 Å². The number of hydrogen-bond donors (Lipinski definition) is 2. The quantitative estimate of drug-likeness (QED) is 0.902. The third-order valence-corrected chi connectivity index (χ3v) is 4.21. The number of anilines is 1. The molecule has 2 N–H and O–H groups in total. The van der Waals surface area contributed by atoms with Crippen LogP contribution < -0.4 is 5.32 Å². The first kappa shape index (κ1) is 12.1. The number of aromatic carboxylic acids is 1. The Labute approximate surface area is 111 Å². The topological polar surface area (TPSA) is 49.3 Å². The molecule has 1 heterocycles. The lowest BCUT2D eigenvalue weighted by atomic mass is 10.2. The van der Waals surface area contributed by atoms with E-state index in [0.717, 1.165) is 9.35 Å². The highest BCUT2D eigenvalue weighted by molar-refractivity contribution is 9.10. The van der Waals surface area contributed by atoms with Crippen molar-refractivity contribution >= 4 is 38.9 Å². The summed E-state index contributed by atoms with van der Waals surface area (Å²) in [6.45, 7) is 0.614. The molecule has 0 atom stereocenters. The van der Waals surface area contributed by atoms with Gasteiger partial charge in [-0.2, -0.15) is 0 Å². The van der Waals surface area contributed by atoms with Crippen molar-refractivity contribution in [3.8, 4) is 0 Å². The van der Waals surface area contributed by atoms with E-state index in [9.17, 15) is 4.79 Å². The third kappa shape index (κ3) is 2.87. The van der Waals surface area contributed by atoms with Gasteiger partial charge in [-0.25, -0.2) is 4.79 Å². The third-order valence-electron chi connectivity index (χ3n) is 2.29. The van der Waals surface area contributed by atoms with E-state index in [0.29, 0.717) is 17.8 Å². The number of rotatable bonds is 4. The fourth-order valence-corrected chi connectivity index (χ4v) is 2.88. The van der Waals surface area contributed by atoms with Crippen LogP contribution in [0.2, 0.25) is 0 Å². The first-order chi connectivity index (χ1) is 8.18. The highest BCUT2D eigenvalue weighted by Crippen LogP contribution is 2.24. The number of benzene rings is 1. The Kier molecular flexibility index (Phi) is 3.81. The molecular formula is C12H10BrNO2S. The van der Waals surface area contributed by atoms with Crippen molar-refractivity contribution in [3.63, 3.8) is 0 Å². The summed E-state index contributed by atoms with van der Waals surface area (Å²) in [4.78, 5) is 12.1. The summed E-state index contributed by atoms with van der Waals surface area (Å²) in [6.07, 6.45) is 0. The standard InChI is InChI=1S/C12H10BrNO2S/c13-9-5-6-17-11(9)7-14-10-4-2-1-3-8(10)12(15)16/h1-6,14H,7H2,(H,15,16). The summed E-state index contributed by atoms with van der Waals surface area (Å²) in [5, 5.41) is 14.2. The van der Waals surface area contributed by atoms with Crippen molar-refractivity contribution < 1.29 is 9.90 Å². The average molecular weight is 312 g/mol. The van der Waals surface area contributed by atoms with Crippen LogP contribution in [-0.2, 0) is 6.54 Å². The van der Waals surface area contributed by atoms with Gasteiger partial charge in [0, 0.05) is 15.0 Å². The summed E-state index contributed by atoms with van der Waals surface area (Å²) in [5.74, 6) is -0.918. The minimum absolute atomic E-state index is 0.292. The maximum atomic E-state index is 11.0. The van der Waals surface area contributed by atoms with Crippen LogP contribution in [0.1, 0.15) is 15.2 Å². The molecule has 0 saturated carbocycles. The van der Waals surface area contributed by atoms with Gasteiger partial charge in [0.1, 0.15) is 0 Å². The van der Waals surface area contributed by atoms with Crippen molar-refractivity contribution in [2.75, 3.05) is 5.32 Å². The normalized spacial score (nSPS) is 10.2.